The number of benzene rings is 2. The molecule has 0 bridgehead atoms. The summed E-state index contributed by atoms with van der Waals surface area (Å²) in [5.74, 6) is 0. The van der Waals surface area contributed by atoms with Gasteiger partial charge in [-0.05, 0) is 43.2 Å². The summed E-state index contributed by atoms with van der Waals surface area (Å²) in [5, 5.41) is 0. The van der Waals surface area contributed by atoms with Gasteiger partial charge in [0, 0.05) is 13.2 Å². The molecule has 0 unspecified atom stereocenters. The molecule has 0 N–H and O–H groups in total. The van der Waals surface area contributed by atoms with E-state index in [0.717, 1.165) is 32.8 Å². The van der Waals surface area contributed by atoms with Crippen molar-refractivity contribution in [3.63, 3.8) is 0 Å². The SMILES string of the molecule is C1=C[C@@H](CCCCCCCCCOCc2ccccc2)O[C@@H](CCCCCCCCCOCc2ccccc2)C1. The first-order valence-electron chi connectivity index (χ1n) is 16.5. The van der Waals surface area contributed by atoms with Crippen LogP contribution in [-0.2, 0) is 27.4 Å². The van der Waals surface area contributed by atoms with Crippen LogP contribution in [0.15, 0.2) is 72.8 Å². The molecule has 1 aliphatic heterocycles. The van der Waals surface area contributed by atoms with Crippen LogP contribution in [0.25, 0.3) is 0 Å². The molecular formula is C37H56O3. The molecule has 3 nitrogen and oxygen atoms in total. The van der Waals surface area contributed by atoms with E-state index in [4.69, 9.17) is 14.2 Å². The highest BCUT2D eigenvalue weighted by atomic mass is 16.5. The Bertz CT molecular complexity index is 850. The Hall–Kier alpha value is -1.94. The van der Waals surface area contributed by atoms with Crippen molar-refractivity contribution in [3.8, 4) is 0 Å². The van der Waals surface area contributed by atoms with Gasteiger partial charge >= 0.3 is 0 Å². The summed E-state index contributed by atoms with van der Waals surface area (Å²) >= 11 is 0. The average molecular weight is 549 g/mol. The van der Waals surface area contributed by atoms with Crippen LogP contribution in [0.3, 0.4) is 0 Å². The highest BCUT2D eigenvalue weighted by molar-refractivity contribution is 5.14. The molecule has 0 amide bonds. The van der Waals surface area contributed by atoms with Gasteiger partial charge in [0.25, 0.3) is 0 Å². The van der Waals surface area contributed by atoms with Crippen LogP contribution in [0.5, 0.6) is 0 Å². The van der Waals surface area contributed by atoms with E-state index in [1.807, 2.05) is 0 Å². The van der Waals surface area contributed by atoms with Crippen molar-refractivity contribution in [2.45, 2.75) is 135 Å². The molecule has 0 radical (unpaired) electrons. The highest BCUT2D eigenvalue weighted by Gasteiger charge is 2.17. The summed E-state index contributed by atoms with van der Waals surface area (Å²) < 4.78 is 18.0. The van der Waals surface area contributed by atoms with Gasteiger partial charge in [-0.2, -0.15) is 0 Å². The number of hydrogen-bond acceptors (Lipinski definition) is 3. The largest absolute Gasteiger partial charge is 0.377 e. The Morgan fingerprint density at radius 3 is 1.50 bits per heavy atom. The van der Waals surface area contributed by atoms with Crippen LogP contribution in [0.1, 0.15) is 120 Å². The summed E-state index contributed by atoms with van der Waals surface area (Å²) in [7, 11) is 0. The minimum Gasteiger partial charge on any atom is -0.377 e. The molecule has 1 aliphatic rings. The standard InChI is InChI=1S/C37H56O3/c1(5-9-19-30-38-32-34-22-13-11-14-23-34)3-7-17-26-36-28-21-29-37(40-36)27-18-8-4-2-6-10-20-31-39-33-35-24-15-12-16-25-35/h11-16,21-25,28,36-37H,1-10,17-20,26-27,29-33H2/t36-,37+/m1/s1. The van der Waals surface area contributed by atoms with Crippen molar-refractivity contribution >= 4 is 0 Å². The molecule has 2 aromatic rings. The van der Waals surface area contributed by atoms with Gasteiger partial charge in [0.05, 0.1) is 25.4 Å². The quantitative estimate of drug-likeness (QED) is 0.0964. The van der Waals surface area contributed by atoms with Crippen LogP contribution >= 0.6 is 0 Å². The minimum absolute atomic E-state index is 0.352. The molecule has 3 heteroatoms. The average Bonchev–Trinajstić information content (AvgIpc) is 3.00. The number of unbranched alkanes of at least 4 members (excludes halogenated alkanes) is 12. The highest BCUT2D eigenvalue weighted by Crippen LogP contribution is 2.22. The predicted molar refractivity (Wildman–Crippen MR) is 168 cm³/mol. The molecule has 222 valence electrons. The Labute approximate surface area is 245 Å². The molecule has 0 fully saturated rings. The van der Waals surface area contributed by atoms with Crippen LogP contribution in [0.4, 0.5) is 0 Å². The summed E-state index contributed by atoms with van der Waals surface area (Å²) in [6, 6.07) is 20.9. The molecule has 0 saturated heterocycles. The van der Waals surface area contributed by atoms with Crippen molar-refractivity contribution in [2.24, 2.45) is 0 Å². The lowest BCUT2D eigenvalue weighted by Gasteiger charge is -2.26. The smallest absolute Gasteiger partial charge is 0.0759 e. The number of rotatable bonds is 24. The lowest BCUT2D eigenvalue weighted by molar-refractivity contribution is -0.00434. The fourth-order valence-electron chi connectivity index (χ4n) is 5.50. The number of hydrogen-bond donors (Lipinski definition) is 0. The molecule has 0 saturated carbocycles. The maximum atomic E-state index is 6.40. The topological polar surface area (TPSA) is 27.7 Å². The van der Waals surface area contributed by atoms with Crippen molar-refractivity contribution < 1.29 is 14.2 Å². The third kappa shape index (κ3) is 16.4. The van der Waals surface area contributed by atoms with E-state index >= 15 is 0 Å². The third-order valence-electron chi connectivity index (χ3n) is 7.93. The normalized spacial score (nSPS) is 16.9. The monoisotopic (exact) mass is 548 g/mol. The van der Waals surface area contributed by atoms with E-state index < -0.39 is 0 Å². The zero-order chi connectivity index (χ0) is 27.8. The first-order chi connectivity index (χ1) is 19.9. The maximum absolute atomic E-state index is 6.40. The fraction of sp³-hybridized carbons (Fsp3) is 0.622. The van der Waals surface area contributed by atoms with E-state index in [2.05, 4.69) is 72.8 Å². The zero-order valence-corrected chi connectivity index (χ0v) is 25.2. The van der Waals surface area contributed by atoms with Gasteiger partial charge in [0.2, 0.25) is 0 Å². The number of ether oxygens (including phenoxy) is 3. The maximum Gasteiger partial charge on any atom is 0.0759 e. The second-order valence-electron chi connectivity index (χ2n) is 11.6. The van der Waals surface area contributed by atoms with Crippen molar-refractivity contribution in [1.29, 1.82) is 0 Å². The van der Waals surface area contributed by atoms with Crippen molar-refractivity contribution in [3.05, 3.63) is 83.9 Å². The van der Waals surface area contributed by atoms with Gasteiger partial charge < -0.3 is 14.2 Å². The van der Waals surface area contributed by atoms with Crippen molar-refractivity contribution in [2.75, 3.05) is 13.2 Å². The van der Waals surface area contributed by atoms with E-state index in [1.54, 1.807) is 0 Å². The van der Waals surface area contributed by atoms with Gasteiger partial charge in [0.1, 0.15) is 0 Å². The van der Waals surface area contributed by atoms with Gasteiger partial charge in [-0.15, -0.1) is 0 Å². The van der Waals surface area contributed by atoms with Gasteiger partial charge in [0.15, 0.2) is 0 Å². The fourth-order valence-corrected chi connectivity index (χ4v) is 5.50. The minimum atomic E-state index is 0.352. The van der Waals surface area contributed by atoms with Crippen molar-refractivity contribution in [1.82, 2.24) is 0 Å². The summed E-state index contributed by atoms with van der Waals surface area (Å²) in [6.07, 6.45) is 27.3. The first kappa shape index (κ1) is 32.6. The molecule has 0 aromatic heterocycles. The van der Waals surface area contributed by atoms with E-state index in [-0.39, 0.29) is 0 Å². The Morgan fingerprint density at radius 1 is 0.525 bits per heavy atom. The molecule has 2 aromatic carbocycles. The molecule has 40 heavy (non-hydrogen) atoms. The molecule has 0 aliphatic carbocycles. The molecule has 1 heterocycles. The summed E-state index contributed by atoms with van der Waals surface area (Å²) in [6.45, 7) is 3.25. The van der Waals surface area contributed by atoms with Crippen LogP contribution in [0, 0.1) is 0 Å². The van der Waals surface area contributed by atoms with Crippen LogP contribution in [0.2, 0.25) is 0 Å². The van der Waals surface area contributed by atoms with Crippen LogP contribution < -0.4 is 0 Å². The third-order valence-corrected chi connectivity index (χ3v) is 7.93. The van der Waals surface area contributed by atoms with E-state index in [9.17, 15) is 0 Å². The zero-order valence-electron chi connectivity index (χ0n) is 25.2. The molecule has 0 spiro atoms. The van der Waals surface area contributed by atoms with E-state index in [1.165, 1.54) is 114 Å². The Kier molecular flexibility index (Phi) is 18.5. The van der Waals surface area contributed by atoms with Crippen LogP contribution in [-0.4, -0.2) is 25.4 Å². The Morgan fingerprint density at radius 2 is 0.975 bits per heavy atom. The molecule has 2 atom stereocenters. The molecular weight excluding hydrogens is 492 g/mol. The Balaban J connectivity index is 1.04. The lowest BCUT2D eigenvalue weighted by atomic mass is 10.0. The van der Waals surface area contributed by atoms with Gasteiger partial charge in [-0.3, -0.25) is 0 Å². The van der Waals surface area contributed by atoms with Gasteiger partial charge in [-0.25, -0.2) is 0 Å². The van der Waals surface area contributed by atoms with E-state index in [0.29, 0.717) is 12.2 Å². The second-order valence-corrected chi connectivity index (χ2v) is 11.6. The summed E-state index contributed by atoms with van der Waals surface area (Å²) in [4.78, 5) is 0. The summed E-state index contributed by atoms with van der Waals surface area (Å²) in [5.41, 5.74) is 2.54. The second kappa shape index (κ2) is 22.7. The van der Waals surface area contributed by atoms with Gasteiger partial charge in [-0.1, -0.05) is 150 Å². The lowest BCUT2D eigenvalue weighted by Crippen LogP contribution is -2.24. The predicted octanol–water partition coefficient (Wildman–Crippen LogP) is 10.4. The first-order valence-corrected chi connectivity index (χ1v) is 16.5. The molecule has 3 rings (SSSR count).